The molecule has 2 aromatic carbocycles. The topological polar surface area (TPSA) is 57.9 Å². The molecule has 4 rings (SSSR count). The van der Waals surface area contributed by atoms with E-state index in [9.17, 15) is 4.79 Å². The van der Waals surface area contributed by atoms with Crippen LogP contribution in [0.1, 0.15) is 28.0 Å². The van der Waals surface area contributed by atoms with E-state index in [1.807, 2.05) is 6.07 Å². The largest absolute Gasteiger partial charge is 0.478 e. The second-order valence-electron chi connectivity index (χ2n) is 8.47. The number of aryl methyl sites for hydroxylation is 2. The molecule has 1 aromatic heterocycles. The quantitative estimate of drug-likeness (QED) is 0.613. The van der Waals surface area contributed by atoms with Crippen molar-refractivity contribution in [3.63, 3.8) is 0 Å². The lowest BCUT2D eigenvalue weighted by molar-refractivity contribution is 0.0697. The Balaban J connectivity index is 1.46. The van der Waals surface area contributed by atoms with Gasteiger partial charge in [0.05, 0.1) is 5.56 Å². The van der Waals surface area contributed by atoms with Crippen molar-refractivity contribution >= 4 is 16.9 Å². The molecule has 2 heterocycles. The van der Waals surface area contributed by atoms with E-state index >= 15 is 0 Å². The molecule has 0 saturated carbocycles. The monoisotopic (exact) mass is 421 g/mol. The van der Waals surface area contributed by atoms with Gasteiger partial charge in [-0.05, 0) is 81.9 Å². The van der Waals surface area contributed by atoms with E-state index in [0.717, 1.165) is 51.4 Å². The molecule has 1 N–H and O–H groups in total. The second-order valence-corrected chi connectivity index (χ2v) is 8.47. The fourth-order valence-electron chi connectivity index (χ4n) is 4.31. The van der Waals surface area contributed by atoms with Crippen LogP contribution >= 0.6 is 0 Å². The predicted octanol–water partition coefficient (Wildman–Crippen LogP) is 4.39. The molecular formula is C25H31N3O3. The second kappa shape index (κ2) is 9.12. The first-order chi connectivity index (χ1) is 14.9. The molecule has 1 saturated heterocycles. The molecule has 1 fully saturated rings. The summed E-state index contributed by atoms with van der Waals surface area (Å²) < 4.78 is 8.40. The molecule has 0 radical (unpaired) electrons. The molecule has 3 aromatic rings. The van der Waals surface area contributed by atoms with Crippen molar-refractivity contribution in [2.45, 2.75) is 26.8 Å². The fraction of sp³-hybridized carbons (Fsp3) is 0.400. The molecule has 6 nitrogen and oxygen atoms in total. The fourth-order valence-corrected chi connectivity index (χ4v) is 4.31. The summed E-state index contributed by atoms with van der Waals surface area (Å²) in [5.74, 6) is 0.451. The third kappa shape index (κ3) is 4.75. The minimum Gasteiger partial charge on any atom is -0.478 e. The van der Waals surface area contributed by atoms with Gasteiger partial charge in [0.25, 0.3) is 0 Å². The van der Waals surface area contributed by atoms with Crippen LogP contribution in [0.2, 0.25) is 0 Å². The van der Waals surface area contributed by atoms with Gasteiger partial charge in [-0.1, -0.05) is 0 Å². The van der Waals surface area contributed by atoms with Crippen LogP contribution in [0.4, 0.5) is 0 Å². The summed E-state index contributed by atoms with van der Waals surface area (Å²) in [5.41, 5.74) is 4.07. The summed E-state index contributed by atoms with van der Waals surface area (Å²) in [6.07, 6.45) is 1.14. The Bertz CT molecular complexity index is 1060. The van der Waals surface area contributed by atoms with E-state index in [4.69, 9.17) is 9.84 Å². The summed E-state index contributed by atoms with van der Waals surface area (Å²) in [4.78, 5) is 16.0. The summed E-state index contributed by atoms with van der Waals surface area (Å²) >= 11 is 0. The van der Waals surface area contributed by atoms with Crippen LogP contribution in [0, 0.1) is 13.8 Å². The lowest BCUT2D eigenvalue weighted by Crippen LogP contribution is -2.44. The number of likely N-dealkylation sites (N-methyl/N-ethyl adjacent to an activating group) is 1. The summed E-state index contributed by atoms with van der Waals surface area (Å²) in [5, 5.41) is 10.2. The van der Waals surface area contributed by atoms with Crippen LogP contribution in [0.5, 0.6) is 11.5 Å². The Morgan fingerprint density at radius 2 is 1.65 bits per heavy atom. The molecule has 6 heteroatoms. The molecule has 0 spiro atoms. The predicted molar refractivity (Wildman–Crippen MR) is 123 cm³/mol. The number of piperazine rings is 1. The Morgan fingerprint density at radius 1 is 0.968 bits per heavy atom. The average molecular weight is 422 g/mol. The van der Waals surface area contributed by atoms with Crippen molar-refractivity contribution in [1.29, 1.82) is 0 Å². The highest BCUT2D eigenvalue weighted by atomic mass is 16.5. The molecule has 0 aliphatic carbocycles. The van der Waals surface area contributed by atoms with E-state index in [0.29, 0.717) is 5.75 Å². The Labute approximate surface area is 183 Å². The molecule has 0 amide bonds. The average Bonchev–Trinajstić information content (AvgIpc) is 3.00. The maximum Gasteiger partial charge on any atom is 0.335 e. The number of aromatic nitrogens is 1. The van der Waals surface area contributed by atoms with E-state index in [1.165, 1.54) is 22.2 Å². The third-order valence-electron chi connectivity index (χ3n) is 6.40. The number of ether oxygens (including phenoxy) is 1. The van der Waals surface area contributed by atoms with Gasteiger partial charge in [0, 0.05) is 49.3 Å². The van der Waals surface area contributed by atoms with Crippen LogP contribution in [-0.2, 0) is 6.54 Å². The van der Waals surface area contributed by atoms with Gasteiger partial charge < -0.3 is 24.2 Å². The Hall–Kier alpha value is -2.83. The zero-order chi connectivity index (χ0) is 22.0. The smallest absolute Gasteiger partial charge is 0.335 e. The van der Waals surface area contributed by atoms with Gasteiger partial charge in [-0.15, -0.1) is 0 Å². The third-order valence-corrected chi connectivity index (χ3v) is 6.40. The van der Waals surface area contributed by atoms with Gasteiger partial charge in [-0.25, -0.2) is 4.79 Å². The maximum atomic E-state index is 11.0. The van der Waals surface area contributed by atoms with Gasteiger partial charge in [-0.3, -0.25) is 0 Å². The van der Waals surface area contributed by atoms with Crippen molar-refractivity contribution < 1.29 is 14.6 Å². The van der Waals surface area contributed by atoms with Gasteiger partial charge >= 0.3 is 5.97 Å². The van der Waals surface area contributed by atoms with Crippen molar-refractivity contribution in [2.24, 2.45) is 0 Å². The number of carboxylic acids is 1. The molecule has 0 atom stereocenters. The number of hydrogen-bond donors (Lipinski definition) is 1. The van der Waals surface area contributed by atoms with E-state index < -0.39 is 5.97 Å². The lowest BCUT2D eigenvalue weighted by atomic mass is 10.1. The van der Waals surface area contributed by atoms with E-state index in [2.05, 4.69) is 47.4 Å². The Morgan fingerprint density at radius 3 is 2.32 bits per heavy atom. The van der Waals surface area contributed by atoms with Crippen LogP contribution < -0.4 is 4.74 Å². The van der Waals surface area contributed by atoms with Gasteiger partial charge in [-0.2, -0.15) is 0 Å². The first-order valence-corrected chi connectivity index (χ1v) is 10.9. The molecule has 1 aliphatic heterocycles. The molecule has 0 unspecified atom stereocenters. The SMILES string of the molecule is Cc1c(C)n(CCCN2CCN(C)CC2)c2ccc(Oc3ccc(C(=O)O)cc3)cc12. The standard InChI is InChI=1S/C25H31N3O3/c1-18-19(2)28(12-4-11-27-15-13-26(3)14-16-27)24-10-9-22(17-23(18)24)31-21-7-5-20(6-8-21)25(29)30/h5-10,17H,4,11-16H2,1-3H3,(H,29,30). The number of carbonyl (C=O) groups is 1. The molecule has 164 valence electrons. The number of nitrogens with zero attached hydrogens (tertiary/aromatic N) is 3. The van der Waals surface area contributed by atoms with Crippen molar-refractivity contribution in [2.75, 3.05) is 39.8 Å². The number of benzene rings is 2. The molecular weight excluding hydrogens is 390 g/mol. The highest BCUT2D eigenvalue weighted by Crippen LogP contribution is 2.31. The molecule has 1 aliphatic rings. The highest BCUT2D eigenvalue weighted by Gasteiger charge is 2.15. The first kappa shape index (κ1) is 21.4. The van der Waals surface area contributed by atoms with Gasteiger partial charge in [0.2, 0.25) is 0 Å². The van der Waals surface area contributed by atoms with Crippen LogP contribution in [0.25, 0.3) is 10.9 Å². The number of carboxylic acid groups (broad SMARTS) is 1. The number of rotatable bonds is 7. The number of aromatic carboxylic acids is 1. The maximum absolute atomic E-state index is 11.0. The lowest BCUT2D eigenvalue weighted by Gasteiger charge is -2.32. The first-order valence-electron chi connectivity index (χ1n) is 10.9. The van der Waals surface area contributed by atoms with Crippen LogP contribution in [0.15, 0.2) is 42.5 Å². The normalized spacial score (nSPS) is 15.5. The van der Waals surface area contributed by atoms with Gasteiger partial charge in [0.15, 0.2) is 0 Å². The van der Waals surface area contributed by atoms with Crippen molar-refractivity contribution in [3.05, 3.63) is 59.3 Å². The molecule has 31 heavy (non-hydrogen) atoms. The van der Waals surface area contributed by atoms with E-state index in [1.54, 1.807) is 24.3 Å². The summed E-state index contributed by atoms with van der Waals surface area (Å²) in [7, 11) is 2.19. The number of fused-ring (bicyclic) bond motifs is 1. The summed E-state index contributed by atoms with van der Waals surface area (Å²) in [6, 6.07) is 12.7. The minimum absolute atomic E-state index is 0.253. The van der Waals surface area contributed by atoms with Crippen LogP contribution in [-0.4, -0.2) is 65.2 Å². The Kier molecular flexibility index (Phi) is 6.30. The van der Waals surface area contributed by atoms with Crippen LogP contribution in [0.3, 0.4) is 0 Å². The van der Waals surface area contributed by atoms with Crippen molar-refractivity contribution in [3.8, 4) is 11.5 Å². The van der Waals surface area contributed by atoms with Crippen molar-refractivity contribution in [1.82, 2.24) is 14.4 Å². The van der Waals surface area contributed by atoms with E-state index in [-0.39, 0.29) is 5.56 Å². The number of hydrogen-bond acceptors (Lipinski definition) is 4. The zero-order valence-corrected chi connectivity index (χ0v) is 18.6. The molecule has 0 bridgehead atoms. The van der Waals surface area contributed by atoms with Gasteiger partial charge in [0.1, 0.15) is 11.5 Å². The summed E-state index contributed by atoms with van der Waals surface area (Å²) in [6.45, 7) is 11.2. The highest BCUT2D eigenvalue weighted by molar-refractivity contribution is 5.88. The zero-order valence-electron chi connectivity index (χ0n) is 18.6. The minimum atomic E-state index is -0.937.